The summed E-state index contributed by atoms with van der Waals surface area (Å²) in [6.07, 6.45) is 0. The standard InChI is InChI=1S/C4H4S.3H3N/c1-2-4-5-3-1;;;/h1-4H;3*1H3. The molecule has 0 unspecified atom stereocenters. The van der Waals surface area contributed by atoms with E-state index >= 15 is 0 Å². The third kappa shape index (κ3) is 5.58. The molecule has 1 heterocycles. The first kappa shape index (κ1) is 15.6. The molecule has 0 amide bonds. The van der Waals surface area contributed by atoms with Crippen LogP contribution >= 0.6 is 11.3 Å². The fraction of sp³-hybridized carbons (Fsp3) is 0. The van der Waals surface area contributed by atoms with Crippen LogP contribution < -0.4 is 18.5 Å². The van der Waals surface area contributed by atoms with Crippen molar-refractivity contribution >= 4 is 11.3 Å². The Morgan fingerprint density at radius 3 is 1.25 bits per heavy atom. The molecule has 50 valence electrons. The van der Waals surface area contributed by atoms with Gasteiger partial charge in [0, 0.05) is 0 Å². The molecule has 3 nitrogen and oxygen atoms in total. The van der Waals surface area contributed by atoms with Gasteiger partial charge in [0.05, 0.1) is 0 Å². The fourth-order valence-corrected chi connectivity index (χ4v) is 0.680. The van der Waals surface area contributed by atoms with E-state index in [0.717, 1.165) is 0 Å². The van der Waals surface area contributed by atoms with Gasteiger partial charge >= 0.3 is 0 Å². The monoisotopic (exact) mass is 135 g/mol. The zero-order chi connectivity index (χ0) is 3.54. The van der Waals surface area contributed by atoms with E-state index in [1.54, 1.807) is 11.3 Å². The van der Waals surface area contributed by atoms with Gasteiger partial charge in [-0.3, -0.25) is 0 Å². The summed E-state index contributed by atoms with van der Waals surface area (Å²) < 4.78 is 0. The largest absolute Gasteiger partial charge is 0.344 e. The SMILES string of the molecule is N.N.N.c1ccsc1. The van der Waals surface area contributed by atoms with E-state index in [4.69, 9.17) is 0 Å². The van der Waals surface area contributed by atoms with Crippen molar-refractivity contribution in [2.24, 2.45) is 0 Å². The van der Waals surface area contributed by atoms with E-state index < -0.39 is 0 Å². The molecule has 0 bridgehead atoms. The molecule has 9 N–H and O–H groups in total. The van der Waals surface area contributed by atoms with Crippen LogP contribution in [0, 0.1) is 0 Å². The lowest BCUT2D eigenvalue weighted by molar-refractivity contribution is 2.03. The van der Waals surface area contributed by atoms with Gasteiger partial charge in [-0.2, -0.15) is 11.3 Å². The molecule has 0 atom stereocenters. The molecule has 0 aliphatic heterocycles. The summed E-state index contributed by atoms with van der Waals surface area (Å²) in [5, 5.41) is 4.08. The van der Waals surface area contributed by atoms with E-state index in [1.807, 2.05) is 22.9 Å². The molecule has 0 aliphatic carbocycles. The molecule has 4 heteroatoms. The van der Waals surface area contributed by atoms with Crippen LogP contribution in [0.5, 0.6) is 0 Å². The van der Waals surface area contributed by atoms with Gasteiger partial charge in [-0.1, -0.05) is 12.1 Å². The first-order valence-corrected chi connectivity index (χ1v) is 2.41. The highest BCUT2D eigenvalue weighted by atomic mass is 32.1. The number of rotatable bonds is 0. The summed E-state index contributed by atoms with van der Waals surface area (Å²) in [4.78, 5) is 0. The summed E-state index contributed by atoms with van der Waals surface area (Å²) in [7, 11) is 0. The fourth-order valence-electron chi connectivity index (χ4n) is 0.227. The minimum absolute atomic E-state index is 0. The lowest BCUT2D eigenvalue weighted by Gasteiger charge is -1.39. The molecular formula is C4H13N3S. The number of thiophene rings is 1. The molecule has 1 rings (SSSR count). The van der Waals surface area contributed by atoms with Crippen molar-refractivity contribution in [2.75, 3.05) is 0 Å². The number of hydrogen-bond acceptors (Lipinski definition) is 4. The van der Waals surface area contributed by atoms with Crippen LogP contribution in [-0.2, 0) is 0 Å². The highest BCUT2D eigenvalue weighted by Gasteiger charge is 1.58. The second kappa shape index (κ2) is 9.77. The second-order valence-electron chi connectivity index (χ2n) is 0.793. The van der Waals surface area contributed by atoms with Gasteiger partial charge in [0.25, 0.3) is 0 Å². The molecule has 0 saturated carbocycles. The van der Waals surface area contributed by atoms with Crippen LogP contribution in [0.25, 0.3) is 0 Å². The van der Waals surface area contributed by atoms with E-state index in [9.17, 15) is 0 Å². The maximum absolute atomic E-state index is 2.04. The molecular weight excluding hydrogens is 122 g/mol. The third-order valence-corrected chi connectivity index (χ3v) is 1.05. The van der Waals surface area contributed by atoms with E-state index in [0.29, 0.717) is 0 Å². The summed E-state index contributed by atoms with van der Waals surface area (Å²) in [5.41, 5.74) is 0. The van der Waals surface area contributed by atoms with Gasteiger partial charge in [-0.05, 0) is 10.8 Å². The average Bonchev–Trinajstić information content (AvgIpc) is 1.76. The van der Waals surface area contributed by atoms with Crippen molar-refractivity contribution in [3.8, 4) is 0 Å². The minimum Gasteiger partial charge on any atom is -0.344 e. The molecule has 0 aliphatic rings. The zero-order valence-electron chi connectivity index (χ0n) is 4.84. The normalized spacial score (nSPS) is 5.00. The van der Waals surface area contributed by atoms with Crippen LogP contribution in [0.2, 0.25) is 0 Å². The van der Waals surface area contributed by atoms with Gasteiger partial charge in [-0.15, -0.1) is 0 Å². The zero-order valence-corrected chi connectivity index (χ0v) is 5.66. The van der Waals surface area contributed by atoms with Crippen molar-refractivity contribution in [3.63, 3.8) is 0 Å². The summed E-state index contributed by atoms with van der Waals surface area (Å²) in [6, 6.07) is 4.04. The lowest BCUT2D eigenvalue weighted by atomic mass is 10.7. The molecule has 0 aromatic carbocycles. The van der Waals surface area contributed by atoms with E-state index in [-0.39, 0.29) is 18.5 Å². The Labute approximate surface area is 53.5 Å². The van der Waals surface area contributed by atoms with Gasteiger partial charge in [0.2, 0.25) is 0 Å². The van der Waals surface area contributed by atoms with Crippen LogP contribution in [0.3, 0.4) is 0 Å². The molecule has 8 heavy (non-hydrogen) atoms. The van der Waals surface area contributed by atoms with Gasteiger partial charge in [0.15, 0.2) is 0 Å². The maximum Gasteiger partial charge on any atom is -0.00934 e. The van der Waals surface area contributed by atoms with E-state index in [1.165, 1.54) is 0 Å². The Morgan fingerprint density at radius 2 is 1.12 bits per heavy atom. The van der Waals surface area contributed by atoms with Crippen LogP contribution in [0.15, 0.2) is 22.9 Å². The van der Waals surface area contributed by atoms with Crippen molar-refractivity contribution < 1.29 is 0 Å². The first-order chi connectivity index (χ1) is 2.50. The highest BCUT2D eigenvalue weighted by molar-refractivity contribution is 7.07. The molecule has 0 spiro atoms. The summed E-state index contributed by atoms with van der Waals surface area (Å²) in [6.45, 7) is 0. The molecule has 0 radical (unpaired) electrons. The number of hydrogen-bond donors (Lipinski definition) is 3. The topological polar surface area (TPSA) is 105 Å². The van der Waals surface area contributed by atoms with Crippen molar-refractivity contribution in [1.29, 1.82) is 0 Å². The van der Waals surface area contributed by atoms with Crippen LogP contribution in [0.1, 0.15) is 0 Å². The lowest BCUT2D eigenvalue weighted by Crippen LogP contribution is -1.16. The average molecular weight is 135 g/mol. The highest BCUT2D eigenvalue weighted by Crippen LogP contribution is 1.91. The molecule has 0 saturated heterocycles. The Balaban J connectivity index is -0.0000000833. The third-order valence-electron chi connectivity index (χ3n) is 0.425. The van der Waals surface area contributed by atoms with Crippen molar-refractivity contribution in [2.45, 2.75) is 0 Å². The van der Waals surface area contributed by atoms with Crippen molar-refractivity contribution in [3.05, 3.63) is 22.9 Å². The Bertz CT molecular complexity index is 67.8. The van der Waals surface area contributed by atoms with Crippen LogP contribution in [-0.4, -0.2) is 0 Å². The van der Waals surface area contributed by atoms with E-state index in [2.05, 4.69) is 0 Å². The first-order valence-electron chi connectivity index (χ1n) is 1.47. The van der Waals surface area contributed by atoms with Crippen molar-refractivity contribution in [1.82, 2.24) is 18.5 Å². The molecule has 1 aromatic heterocycles. The maximum atomic E-state index is 2.04. The van der Waals surface area contributed by atoms with Crippen LogP contribution in [0.4, 0.5) is 0 Å². The minimum atomic E-state index is 0. The Hall–Kier alpha value is -0.420. The van der Waals surface area contributed by atoms with Gasteiger partial charge < -0.3 is 18.5 Å². The predicted octanol–water partition coefficient (Wildman–Crippen LogP) is 2.23. The second-order valence-corrected chi connectivity index (χ2v) is 1.61. The summed E-state index contributed by atoms with van der Waals surface area (Å²) >= 11 is 1.71. The molecule has 0 fully saturated rings. The Kier molecular flexibility index (Phi) is 19.1. The van der Waals surface area contributed by atoms with Gasteiger partial charge in [-0.25, -0.2) is 0 Å². The quantitative estimate of drug-likeness (QED) is 0.508. The Morgan fingerprint density at radius 1 is 0.750 bits per heavy atom. The summed E-state index contributed by atoms with van der Waals surface area (Å²) in [5.74, 6) is 0. The molecule has 1 aromatic rings. The predicted molar refractivity (Wildman–Crippen MR) is 39.4 cm³/mol. The smallest absolute Gasteiger partial charge is 0.00934 e. The van der Waals surface area contributed by atoms with Gasteiger partial charge in [0.1, 0.15) is 0 Å².